The molecule has 2 heterocycles. The third-order valence-electron chi connectivity index (χ3n) is 3.12. The first kappa shape index (κ1) is 13.1. The Morgan fingerprint density at radius 3 is 2.90 bits per heavy atom. The monoisotopic (exact) mass is 283 g/mol. The quantitative estimate of drug-likeness (QED) is 0.794. The Balaban J connectivity index is 1.90. The van der Waals surface area contributed by atoms with Crippen molar-refractivity contribution in [3.8, 4) is 5.75 Å². The summed E-state index contributed by atoms with van der Waals surface area (Å²) < 4.78 is 7.01. The van der Waals surface area contributed by atoms with Crippen molar-refractivity contribution in [3.63, 3.8) is 0 Å². The number of aromatic nitrogens is 3. The van der Waals surface area contributed by atoms with Gasteiger partial charge in [-0.3, -0.25) is 9.67 Å². The molecule has 1 aromatic carbocycles. The average Bonchev–Trinajstić information content (AvgIpc) is 2.81. The van der Waals surface area contributed by atoms with Crippen LogP contribution in [0.5, 0.6) is 5.75 Å². The maximum Gasteiger partial charge on any atom is 0.354 e. The summed E-state index contributed by atoms with van der Waals surface area (Å²) in [7, 11) is 1.61. The van der Waals surface area contributed by atoms with Crippen LogP contribution in [0.2, 0.25) is 0 Å². The molecule has 2 aromatic heterocycles. The summed E-state index contributed by atoms with van der Waals surface area (Å²) in [6, 6.07) is 10.8. The minimum absolute atomic E-state index is 0.147. The first-order valence-electron chi connectivity index (χ1n) is 6.38. The van der Waals surface area contributed by atoms with E-state index < -0.39 is 5.97 Å². The molecular weight excluding hydrogens is 270 g/mol. The van der Waals surface area contributed by atoms with E-state index in [0.717, 1.165) is 5.69 Å². The van der Waals surface area contributed by atoms with Crippen LogP contribution in [0.3, 0.4) is 0 Å². The highest BCUT2D eigenvalue weighted by Gasteiger charge is 2.16. The van der Waals surface area contributed by atoms with E-state index in [2.05, 4.69) is 10.1 Å². The zero-order chi connectivity index (χ0) is 14.8. The van der Waals surface area contributed by atoms with Crippen molar-refractivity contribution in [2.75, 3.05) is 0 Å². The highest BCUT2D eigenvalue weighted by molar-refractivity contribution is 6.01. The lowest BCUT2D eigenvalue weighted by Crippen LogP contribution is -2.05. The second-order valence-corrected chi connectivity index (χ2v) is 4.57. The summed E-state index contributed by atoms with van der Waals surface area (Å²) in [5.41, 5.74) is 1.58. The molecule has 21 heavy (non-hydrogen) atoms. The summed E-state index contributed by atoms with van der Waals surface area (Å²) in [4.78, 5) is 15.4. The minimum atomic E-state index is -1.01. The first-order valence-corrected chi connectivity index (χ1v) is 6.38. The summed E-state index contributed by atoms with van der Waals surface area (Å²) in [5.74, 6) is -0.425. The molecule has 0 aliphatic heterocycles. The fourth-order valence-corrected chi connectivity index (χ4v) is 2.16. The highest BCUT2D eigenvalue weighted by Crippen LogP contribution is 2.24. The van der Waals surface area contributed by atoms with E-state index in [1.807, 2.05) is 18.2 Å². The van der Waals surface area contributed by atoms with Gasteiger partial charge >= 0.3 is 5.97 Å². The van der Waals surface area contributed by atoms with Crippen LogP contribution < -0.4 is 4.74 Å². The lowest BCUT2D eigenvalue weighted by molar-refractivity contribution is 0.0687. The van der Waals surface area contributed by atoms with Gasteiger partial charge in [-0.15, -0.1) is 0 Å². The van der Waals surface area contributed by atoms with E-state index in [1.54, 1.807) is 31.4 Å². The molecule has 0 fully saturated rings. The van der Waals surface area contributed by atoms with Crippen molar-refractivity contribution in [1.82, 2.24) is 14.8 Å². The third kappa shape index (κ3) is 2.55. The van der Waals surface area contributed by atoms with Crippen LogP contribution in [0, 0.1) is 0 Å². The molecule has 3 rings (SSSR count). The second-order valence-electron chi connectivity index (χ2n) is 4.57. The molecule has 1 N–H and O–H groups in total. The van der Waals surface area contributed by atoms with Gasteiger partial charge in [-0.25, -0.2) is 4.79 Å². The van der Waals surface area contributed by atoms with Crippen LogP contribution >= 0.6 is 0 Å². The molecule has 0 aliphatic rings. The Hall–Kier alpha value is -2.89. The Morgan fingerprint density at radius 2 is 2.19 bits per heavy atom. The zero-order valence-corrected chi connectivity index (χ0v) is 11.4. The maximum absolute atomic E-state index is 11.3. The van der Waals surface area contributed by atoms with Crippen LogP contribution in [0.25, 0.3) is 10.9 Å². The Bertz CT molecular complexity index is 797. The summed E-state index contributed by atoms with van der Waals surface area (Å²) >= 11 is 0. The van der Waals surface area contributed by atoms with Crippen LogP contribution in [0.15, 0.2) is 42.6 Å². The van der Waals surface area contributed by atoms with E-state index in [0.29, 0.717) is 23.3 Å². The molecule has 6 nitrogen and oxygen atoms in total. The zero-order valence-electron chi connectivity index (χ0n) is 11.4. The van der Waals surface area contributed by atoms with Gasteiger partial charge in [0.1, 0.15) is 12.4 Å². The molecule has 0 amide bonds. The molecule has 0 saturated heterocycles. The largest absolute Gasteiger partial charge is 0.487 e. The van der Waals surface area contributed by atoms with Gasteiger partial charge in [-0.2, -0.15) is 5.10 Å². The van der Waals surface area contributed by atoms with Gasteiger partial charge in [0.25, 0.3) is 0 Å². The molecule has 0 atom stereocenters. The number of ether oxygens (including phenoxy) is 1. The number of carboxylic acids is 1. The van der Waals surface area contributed by atoms with E-state index in [-0.39, 0.29) is 5.69 Å². The molecule has 0 bridgehead atoms. The molecule has 0 unspecified atom stereocenters. The predicted octanol–water partition coefficient (Wildman–Crippen LogP) is 2.25. The molecule has 3 aromatic rings. The van der Waals surface area contributed by atoms with Gasteiger partial charge in [0.15, 0.2) is 5.69 Å². The SMILES string of the molecule is Cn1nc2ccc(OCc3ccccn3)cc2c1C(=O)O. The molecule has 0 aliphatic carbocycles. The van der Waals surface area contributed by atoms with Crippen molar-refractivity contribution >= 4 is 16.9 Å². The standard InChI is InChI=1S/C15H13N3O3/c1-18-14(15(19)20)12-8-11(5-6-13(12)17-18)21-9-10-4-2-3-7-16-10/h2-8H,9H2,1H3,(H,19,20). The highest BCUT2D eigenvalue weighted by atomic mass is 16.5. The predicted molar refractivity (Wildman–Crippen MR) is 76.2 cm³/mol. The second kappa shape index (κ2) is 5.24. The van der Waals surface area contributed by atoms with Crippen molar-refractivity contribution in [2.45, 2.75) is 6.61 Å². The minimum Gasteiger partial charge on any atom is -0.487 e. The number of nitrogens with zero attached hydrogens (tertiary/aromatic N) is 3. The number of benzene rings is 1. The van der Waals surface area contributed by atoms with Crippen LogP contribution in [0.4, 0.5) is 0 Å². The molecule has 0 spiro atoms. The van der Waals surface area contributed by atoms with Crippen LogP contribution in [0.1, 0.15) is 16.2 Å². The van der Waals surface area contributed by atoms with Gasteiger partial charge in [0.2, 0.25) is 0 Å². The van der Waals surface area contributed by atoms with Gasteiger partial charge in [0.05, 0.1) is 11.2 Å². The van der Waals surface area contributed by atoms with Gasteiger partial charge < -0.3 is 9.84 Å². The van der Waals surface area contributed by atoms with Crippen LogP contribution in [-0.2, 0) is 13.7 Å². The number of hydrogen-bond acceptors (Lipinski definition) is 4. The molecule has 0 radical (unpaired) electrons. The van der Waals surface area contributed by atoms with Gasteiger partial charge in [-0.05, 0) is 30.3 Å². The third-order valence-corrected chi connectivity index (χ3v) is 3.12. The Labute approximate surface area is 120 Å². The first-order chi connectivity index (χ1) is 10.1. The Morgan fingerprint density at radius 1 is 1.33 bits per heavy atom. The van der Waals surface area contributed by atoms with Crippen molar-refractivity contribution < 1.29 is 14.6 Å². The number of aromatic carboxylic acids is 1. The molecule has 106 valence electrons. The summed E-state index contributed by atoms with van der Waals surface area (Å²) in [6.07, 6.45) is 1.70. The van der Waals surface area contributed by atoms with Gasteiger partial charge in [-0.1, -0.05) is 6.07 Å². The molecule has 6 heteroatoms. The summed E-state index contributed by atoms with van der Waals surface area (Å²) in [6.45, 7) is 0.328. The van der Waals surface area contributed by atoms with Gasteiger partial charge in [0, 0.05) is 18.6 Å². The Kier molecular flexibility index (Phi) is 3.27. The van der Waals surface area contributed by atoms with E-state index in [4.69, 9.17) is 4.74 Å². The number of pyridine rings is 1. The number of hydrogen-bond donors (Lipinski definition) is 1. The average molecular weight is 283 g/mol. The number of aryl methyl sites for hydroxylation is 1. The van der Waals surface area contributed by atoms with Crippen molar-refractivity contribution in [1.29, 1.82) is 0 Å². The fraction of sp³-hybridized carbons (Fsp3) is 0.133. The fourth-order valence-electron chi connectivity index (χ4n) is 2.16. The molecule has 0 saturated carbocycles. The number of rotatable bonds is 4. The summed E-state index contributed by atoms with van der Waals surface area (Å²) in [5, 5.41) is 14.0. The molecular formula is C15H13N3O3. The van der Waals surface area contributed by atoms with E-state index in [9.17, 15) is 9.90 Å². The smallest absolute Gasteiger partial charge is 0.354 e. The normalized spacial score (nSPS) is 10.7. The van der Waals surface area contributed by atoms with E-state index in [1.165, 1.54) is 4.68 Å². The van der Waals surface area contributed by atoms with Crippen molar-refractivity contribution in [3.05, 3.63) is 54.0 Å². The van der Waals surface area contributed by atoms with Crippen LogP contribution in [-0.4, -0.2) is 25.8 Å². The lowest BCUT2D eigenvalue weighted by Gasteiger charge is -2.05. The number of carboxylic acid groups (broad SMARTS) is 1. The van der Waals surface area contributed by atoms with E-state index >= 15 is 0 Å². The topological polar surface area (TPSA) is 77.2 Å². The maximum atomic E-state index is 11.3. The number of carbonyl (C=O) groups is 1. The lowest BCUT2D eigenvalue weighted by atomic mass is 10.2. The van der Waals surface area contributed by atoms with Crippen molar-refractivity contribution in [2.24, 2.45) is 7.05 Å². The number of fused-ring (bicyclic) bond motifs is 1.